The Balaban J connectivity index is 2.43. The molecule has 0 unspecified atom stereocenters. The van der Waals surface area contributed by atoms with Crippen LogP contribution in [0.2, 0.25) is 0 Å². The zero-order valence-electron chi connectivity index (χ0n) is 24.8. The lowest BCUT2D eigenvalue weighted by molar-refractivity contribution is 0.703. The molecule has 1 aromatic carbocycles. The van der Waals surface area contributed by atoms with Crippen LogP contribution >= 0.6 is 0 Å². The van der Waals surface area contributed by atoms with E-state index < -0.39 is 6.55 Å². The molecule has 4 aromatic rings. The molecule has 0 aliphatic carbocycles. The van der Waals surface area contributed by atoms with E-state index in [0.717, 1.165) is 34.2 Å². The number of nitrogens with zero attached hydrogens (tertiary/aromatic N) is 6. The molecule has 0 fully saturated rings. The van der Waals surface area contributed by atoms with Crippen molar-refractivity contribution in [1.82, 2.24) is 29.1 Å². The molecule has 3 aromatic heterocycles. The van der Waals surface area contributed by atoms with Crippen LogP contribution in [0, 0.1) is 96.9 Å². The number of rotatable bonds is 4. The Morgan fingerprint density at radius 2 is 0.611 bits per heavy atom. The first-order valence-electron chi connectivity index (χ1n) is 13.0. The number of hydrogen-bond donors (Lipinski definition) is 0. The van der Waals surface area contributed by atoms with Gasteiger partial charge in [0.1, 0.15) is 0 Å². The van der Waals surface area contributed by atoms with Crippen LogP contribution in [-0.4, -0.2) is 35.6 Å². The number of hydrogen-bond acceptors (Lipinski definition) is 3. The maximum absolute atomic E-state index is 5.26. The van der Waals surface area contributed by atoms with Gasteiger partial charge in [-0.25, -0.2) is 15.3 Å². The smallest absolute Gasteiger partial charge is 0.370 e. The molecule has 3 heterocycles. The van der Waals surface area contributed by atoms with Gasteiger partial charge in [-0.3, -0.25) is 0 Å². The van der Waals surface area contributed by atoms with Crippen molar-refractivity contribution in [3.63, 3.8) is 0 Å². The molecule has 36 heavy (non-hydrogen) atoms. The third-order valence-corrected chi connectivity index (χ3v) is 9.53. The molecular weight excluding hydrogens is 443 g/mol. The van der Waals surface area contributed by atoms with Gasteiger partial charge >= 0.3 is 6.55 Å². The average Bonchev–Trinajstić information content (AvgIpc) is 3.37. The molecule has 0 saturated heterocycles. The van der Waals surface area contributed by atoms with E-state index >= 15 is 0 Å². The molecule has 0 radical (unpaired) electrons. The predicted molar refractivity (Wildman–Crippen MR) is 151 cm³/mol. The highest BCUT2D eigenvalue weighted by Crippen LogP contribution is 2.30. The Hall–Kier alpha value is -3.09. The summed E-state index contributed by atoms with van der Waals surface area (Å²) in [6, 6.07) is 0. The summed E-state index contributed by atoms with van der Waals surface area (Å²) >= 11 is 0. The Kier molecular flexibility index (Phi) is 6.13. The second-order valence-corrected chi connectivity index (χ2v) is 11.0. The van der Waals surface area contributed by atoms with Gasteiger partial charge in [0, 0.05) is 0 Å². The van der Waals surface area contributed by atoms with Crippen molar-refractivity contribution in [2.45, 2.75) is 96.9 Å². The van der Waals surface area contributed by atoms with Crippen molar-refractivity contribution < 1.29 is 0 Å². The van der Waals surface area contributed by atoms with E-state index in [1.807, 2.05) is 0 Å². The quantitative estimate of drug-likeness (QED) is 0.365. The highest BCUT2D eigenvalue weighted by Gasteiger charge is 2.44. The fourth-order valence-corrected chi connectivity index (χ4v) is 6.07. The van der Waals surface area contributed by atoms with Gasteiger partial charge in [0.25, 0.3) is 0 Å². The van der Waals surface area contributed by atoms with Crippen molar-refractivity contribution in [1.29, 1.82) is 0 Å². The largest absolute Gasteiger partial charge is 0.393 e. The first-order valence-corrected chi connectivity index (χ1v) is 13.0. The number of benzene rings is 1. The van der Waals surface area contributed by atoms with Crippen LogP contribution < -0.4 is 5.46 Å². The normalized spacial score (nSPS) is 12.2. The lowest BCUT2D eigenvalue weighted by Gasteiger charge is -2.47. The minimum atomic E-state index is -1.97. The molecule has 0 atom stereocenters. The van der Waals surface area contributed by atoms with Crippen LogP contribution in [0.4, 0.5) is 0 Å². The Bertz CT molecular complexity index is 1370. The van der Waals surface area contributed by atoms with E-state index in [4.69, 9.17) is 15.3 Å². The SMILES string of the molecule is Cc1nn([B-](c2c(C)c(C)c(C)c(C)c2C)(n2nc(C)c(C)c2C)n2nc(C)c(C)c2C)c(C)c1C. The van der Waals surface area contributed by atoms with Gasteiger partial charge < -0.3 is 13.8 Å². The van der Waals surface area contributed by atoms with Gasteiger partial charge in [0.15, 0.2) is 0 Å². The fraction of sp³-hybridized carbons (Fsp3) is 0.483. The summed E-state index contributed by atoms with van der Waals surface area (Å²) in [5.41, 5.74) is 17.9. The Morgan fingerprint density at radius 3 is 0.833 bits per heavy atom. The maximum atomic E-state index is 5.26. The summed E-state index contributed by atoms with van der Waals surface area (Å²) < 4.78 is 6.73. The molecule has 4 rings (SSSR count). The minimum Gasteiger partial charge on any atom is -0.393 e. The van der Waals surface area contributed by atoms with Gasteiger partial charge in [-0.05, 0) is 147 Å². The molecule has 0 N–H and O–H groups in total. The predicted octanol–water partition coefficient (Wildman–Crippen LogP) is 5.38. The molecule has 0 aliphatic heterocycles. The van der Waals surface area contributed by atoms with Crippen LogP contribution in [0.25, 0.3) is 0 Å². The highest BCUT2D eigenvalue weighted by atomic mass is 15.5. The van der Waals surface area contributed by atoms with Crippen molar-refractivity contribution in [2.75, 3.05) is 0 Å². The number of aryl methyl sites for hydroxylation is 3. The molecule has 0 bridgehead atoms. The van der Waals surface area contributed by atoms with Crippen LogP contribution in [0.15, 0.2) is 0 Å². The summed E-state index contributed by atoms with van der Waals surface area (Å²) in [5, 5.41) is 15.8. The fourth-order valence-electron chi connectivity index (χ4n) is 6.07. The first kappa shape index (κ1) is 26.0. The second kappa shape index (κ2) is 8.50. The molecule has 0 spiro atoms. The van der Waals surface area contributed by atoms with Gasteiger partial charge in [0.05, 0.1) is 17.1 Å². The van der Waals surface area contributed by atoms with E-state index in [9.17, 15) is 0 Å². The van der Waals surface area contributed by atoms with Crippen molar-refractivity contribution >= 4 is 12.0 Å². The lowest BCUT2D eigenvalue weighted by atomic mass is 9.49. The van der Waals surface area contributed by atoms with Crippen molar-refractivity contribution in [3.05, 3.63) is 78.7 Å². The molecule has 0 saturated carbocycles. The maximum Gasteiger partial charge on any atom is 0.370 e. The van der Waals surface area contributed by atoms with Crippen LogP contribution in [0.1, 0.15) is 78.7 Å². The van der Waals surface area contributed by atoms with Gasteiger partial charge in [-0.15, -0.1) is 5.46 Å². The van der Waals surface area contributed by atoms with Crippen LogP contribution in [0.3, 0.4) is 0 Å². The zero-order chi connectivity index (χ0) is 27.0. The summed E-state index contributed by atoms with van der Waals surface area (Å²) in [4.78, 5) is 0. The minimum absolute atomic E-state index is 1.03. The molecule has 0 aliphatic rings. The van der Waals surface area contributed by atoms with Crippen LogP contribution in [-0.2, 0) is 0 Å². The third kappa shape index (κ3) is 3.20. The van der Waals surface area contributed by atoms with E-state index in [0.29, 0.717) is 0 Å². The van der Waals surface area contributed by atoms with Gasteiger partial charge in [-0.1, -0.05) is 11.1 Å². The van der Waals surface area contributed by atoms with E-state index in [2.05, 4.69) is 111 Å². The lowest BCUT2D eigenvalue weighted by Crippen LogP contribution is -2.71. The van der Waals surface area contributed by atoms with Crippen molar-refractivity contribution in [2.24, 2.45) is 0 Å². The summed E-state index contributed by atoms with van der Waals surface area (Å²) in [6.45, 7) is 28.6. The second-order valence-electron chi connectivity index (χ2n) is 11.0. The van der Waals surface area contributed by atoms with Crippen molar-refractivity contribution in [3.8, 4) is 0 Å². The summed E-state index contributed by atoms with van der Waals surface area (Å²) in [7, 11) is 0. The molecule has 6 nitrogen and oxygen atoms in total. The highest BCUT2D eigenvalue weighted by molar-refractivity contribution is 6.88. The third-order valence-electron chi connectivity index (χ3n) is 9.53. The summed E-state index contributed by atoms with van der Waals surface area (Å²) in [5.74, 6) is 0. The Morgan fingerprint density at radius 1 is 0.361 bits per heavy atom. The topological polar surface area (TPSA) is 53.5 Å². The number of aromatic nitrogens is 6. The molecule has 0 amide bonds. The van der Waals surface area contributed by atoms with E-state index in [-0.39, 0.29) is 0 Å². The average molecular weight is 486 g/mol. The standard InChI is InChI=1S/C29H42BN6/c1-15-16(2)18(4)29(19(5)17(15)3)30(34-26(12)20(6)23(9)31-34,35-27(13)21(7)24(10)32-35)36-28(14)22(8)25(11)33-36/h1-14H3/q-1. The monoisotopic (exact) mass is 485 g/mol. The van der Waals surface area contributed by atoms with E-state index in [1.165, 1.54) is 50.0 Å². The molecule has 7 heteroatoms. The first-order chi connectivity index (χ1) is 16.7. The Labute approximate surface area is 216 Å². The molecule has 192 valence electrons. The van der Waals surface area contributed by atoms with Gasteiger partial charge in [-0.2, -0.15) is 0 Å². The zero-order valence-corrected chi connectivity index (χ0v) is 24.8. The summed E-state index contributed by atoms with van der Waals surface area (Å²) in [6.07, 6.45) is 0. The van der Waals surface area contributed by atoms with Crippen LogP contribution in [0.5, 0.6) is 0 Å². The molecular formula is C29H42BN6-. The van der Waals surface area contributed by atoms with E-state index in [1.54, 1.807) is 0 Å². The van der Waals surface area contributed by atoms with Gasteiger partial charge in [0.2, 0.25) is 0 Å².